The summed E-state index contributed by atoms with van der Waals surface area (Å²) in [4.78, 5) is 12.4. The molecule has 2 N–H and O–H groups in total. The molecule has 0 aliphatic heterocycles. The fourth-order valence-corrected chi connectivity index (χ4v) is 3.59. The molecule has 0 radical (unpaired) electrons. The van der Waals surface area contributed by atoms with Gasteiger partial charge in [-0.15, -0.1) is 0 Å². The summed E-state index contributed by atoms with van der Waals surface area (Å²) < 4.78 is 21.3. The summed E-state index contributed by atoms with van der Waals surface area (Å²) in [6.07, 6.45) is 0. The molecule has 0 saturated carbocycles. The summed E-state index contributed by atoms with van der Waals surface area (Å²) in [5, 5.41) is 14.5. The minimum atomic E-state index is -0.499. The van der Waals surface area contributed by atoms with Gasteiger partial charge in [0, 0.05) is 29.8 Å². The van der Waals surface area contributed by atoms with Crippen molar-refractivity contribution in [1.82, 2.24) is 0 Å². The highest BCUT2D eigenvalue weighted by Crippen LogP contribution is 2.35. The second-order valence-electron chi connectivity index (χ2n) is 7.07. The smallest absolute Gasteiger partial charge is 0.336 e. The highest BCUT2D eigenvalue weighted by atomic mass is 16.5. The normalized spacial score (nSPS) is 10.7. The van der Waals surface area contributed by atoms with Gasteiger partial charge in [0.25, 0.3) is 0 Å². The van der Waals surface area contributed by atoms with Crippen LogP contribution in [0.4, 0.5) is 5.69 Å². The Bertz CT molecular complexity index is 1310. The summed E-state index contributed by atoms with van der Waals surface area (Å²) in [7, 11) is 4.73. The summed E-state index contributed by atoms with van der Waals surface area (Å²) >= 11 is 0. The van der Waals surface area contributed by atoms with Gasteiger partial charge < -0.3 is 29.1 Å². The molecule has 0 atom stereocenters. The maximum Gasteiger partial charge on any atom is 0.336 e. The number of nitrogens with one attached hydrogen (secondary N) is 1. The van der Waals surface area contributed by atoms with Crippen molar-refractivity contribution >= 4 is 16.7 Å². The predicted molar refractivity (Wildman–Crippen MR) is 123 cm³/mol. The number of ether oxygens (including phenoxy) is 3. The first-order valence-electron chi connectivity index (χ1n) is 9.93. The lowest BCUT2D eigenvalue weighted by Gasteiger charge is -2.14. The van der Waals surface area contributed by atoms with Gasteiger partial charge in [0.15, 0.2) is 11.5 Å². The van der Waals surface area contributed by atoms with Crippen molar-refractivity contribution in [3.63, 3.8) is 0 Å². The van der Waals surface area contributed by atoms with Crippen LogP contribution in [0, 0.1) is 0 Å². The maximum atomic E-state index is 12.4. The number of benzene rings is 3. The van der Waals surface area contributed by atoms with Crippen molar-refractivity contribution in [2.45, 2.75) is 6.54 Å². The van der Waals surface area contributed by atoms with Crippen LogP contribution in [-0.2, 0) is 6.54 Å². The number of phenolic OH excluding ortho intramolecular Hbond substituents is 1. The molecule has 0 saturated heterocycles. The molecule has 0 unspecified atom stereocenters. The van der Waals surface area contributed by atoms with Gasteiger partial charge in [0.1, 0.15) is 17.1 Å². The van der Waals surface area contributed by atoms with Crippen molar-refractivity contribution in [3.8, 4) is 34.1 Å². The molecular formula is C25H23NO6. The van der Waals surface area contributed by atoms with Crippen molar-refractivity contribution in [3.05, 3.63) is 76.6 Å². The Kier molecular flexibility index (Phi) is 5.89. The van der Waals surface area contributed by atoms with Crippen LogP contribution in [0.15, 0.2) is 69.9 Å². The zero-order valence-electron chi connectivity index (χ0n) is 18.0. The topological polar surface area (TPSA) is 90.2 Å². The van der Waals surface area contributed by atoms with Gasteiger partial charge in [-0.3, -0.25) is 0 Å². The molecular weight excluding hydrogens is 410 g/mol. The van der Waals surface area contributed by atoms with Crippen LogP contribution >= 0.6 is 0 Å². The zero-order valence-corrected chi connectivity index (χ0v) is 18.0. The lowest BCUT2D eigenvalue weighted by molar-refractivity contribution is 0.355. The first kappa shape index (κ1) is 21.1. The number of hydrogen-bond donors (Lipinski definition) is 2. The quantitative estimate of drug-likeness (QED) is 0.405. The Morgan fingerprint density at radius 2 is 1.62 bits per heavy atom. The predicted octanol–water partition coefficient (Wildman–Crippen LogP) is 4.80. The molecule has 164 valence electrons. The van der Waals surface area contributed by atoms with Crippen molar-refractivity contribution in [2.75, 3.05) is 26.6 Å². The zero-order chi connectivity index (χ0) is 22.7. The van der Waals surface area contributed by atoms with Crippen LogP contribution in [0.5, 0.6) is 23.0 Å². The van der Waals surface area contributed by atoms with Crippen molar-refractivity contribution in [2.24, 2.45) is 0 Å². The van der Waals surface area contributed by atoms with Gasteiger partial charge in [-0.2, -0.15) is 0 Å². The van der Waals surface area contributed by atoms with E-state index in [0.717, 1.165) is 22.4 Å². The average molecular weight is 433 g/mol. The van der Waals surface area contributed by atoms with Gasteiger partial charge in [0.2, 0.25) is 0 Å². The largest absolute Gasteiger partial charge is 0.507 e. The van der Waals surface area contributed by atoms with Crippen molar-refractivity contribution in [1.29, 1.82) is 0 Å². The van der Waals surface area contributed by atoms with Gasteiger partial charge in [-0.05, 0) is 47.5 Å². The van der Waals surface area contributed by atoms with E-state index in [4.69, 9.17) is 18.6 Å². The molecule has 0 amide bonds. The second kappa shape index (κ2) is 8.93. The monoisotopic (exact) mass is 433 g/mol. The van der Waals surface area contributed by atoms with E-state index < -0.39 is 5.63 Å². The van der Waals surface area contributed by atoms with E-state index in [9.17, 15) is 9.90 Å². The van der Waals surface area contributed by atoms with Gasteiger partial charge in [0.05, 0.1) is 26.9 Å². The Balaban J connectivity index is 1.74. The number of hydrogen-bond acceptors (Lipinski definition) is 7. The number of methoxy groups -OCH3 is 3. The number of aromatic hydroxyl groups is 1. The summed E-state index contributed by atoms with van der Waals surface area (Å²) in [5.74, 6) is 1.94. The molecule has 0 aliphatic rings. The summed E-state index contributed by atoms with van der Waals surface area (Å²) in [6.45, 7) is 0.230. The van der Waals surface area contributed by atoms with Crippen LogP contribution in [0.25, 0.3) is 22.1 Å². The van der Waals surface area contributed by atoms with Crippen LogP contribution in [-0.4, -0.2) is 26.4 Å². The molecule has 0 spiro atoms. The third-order valence-electron chi connectivity index (χ3n) is 5.24. The molecule has 3 aromatic carbocycles. The second-order valence-corrected chi connectivity index (χ2v) is 7.07. The maximum absolute atomic E-state index is 12.4. The first-order chi connectivity index (χ1) is 15.5. The Hall–Kier alpha value is -4.13. The molecule has 0 aliphatic carbocycles. The molecule has 0 bridgehead atoms. The third-order valence-corrected chi connectivity index (χ3v) is 5.24. The van der Waals surface area contributed by atoms with Gasteiger partial charge >= 0.3 is 5.63 Å². The highest BCUT2D eigenvalue weighted by Gasteiger charge is 2.15. The summed E-state index contributed by atoms with van der Waals surface area (Å²) in [5.41, 5.74) is 2.62. The first-order valence-corrected chi connectivity index (χ1v) is 9.93. The molecule has 0 fully saturated rings. The molecule has 7 nitrogen and oxygen atoms in total. The highest BCUT2D eigenvalue weighted by molar-refractivity contribution is 5.95. The lowest BCUT2D eigenvalue weighted by atomic mass is 9.99. The fourth-order valence-electron chi connectivity index (χ4n) is 3.59. The summed E-state index contributed by atoms with van der Waals surface area (Å²) in [6, 6.07) is 17.6. The van der Waals surface area contributed by atoms with E-state index >= 15 is 0 Å². The molecule has 32 heavy (non-hydrogen) atoms. The fraction of sp³-hybridized carbons (Fsp3) is 0.160. The average Bonchev–Trinajstić information content (AvgIpc) is 2.82. The van der Waals surface area contributed by atoms with Crippen molar-refractivity contribution < 1.29 is 23.7 Å². The molecule has 4 rings (SSSR count). The van der Waals surface area contributed by atoms with Gasteiger partial charge in [-0.1, -0.05) is 12.1 Å². The van der Waals surface area contributed by atoms with E-state index in [2.05, 4.69) is 5.32 Å². The van der Waals surface area contributed by atoms with Crippen LogP contribution in [0.3, 0.4) is 0 Å². The van der Waals surface area contributed by atoms with Gasteiger partial charge in [-0.25, -0.2) is 4.79 Å². The number of phenols is 1. The molecule has 1 aromatic heterocycles. The molecule has 7 heteroatoms. The van der Waals surface area contributed by atoms with Crippen LogP contribution < -0.4 is 25.2 Å². The lowest BCUT2D eigenvalue weighted by Crippen LogP contribution is -2.05. The molecule has 4 aromatic rings. The third kappa shape index (κ3) is 4.05. The Morgan fingerprint density at radius 3 is 2.31 bits per heavy atom. The van der Waals surface area contributed by atoms with E-state index in [1.54, 1.807) is 45.6 Å². The molecule has 1 heterocycles. The number of rotatable bonds is 7. The van der Waals surface area contributed by atoms with Crippen LogP contribution in [0.2, 0.25) is 0 Å². The SMILES string of the molecule is COc1ccc(-c2cc(=O)oc3c(CNc4ccc(OC)c(OC)c4)c(O)ccc23)cc1. The Labute approximate surface area is 184 Å². The van der Waals surface area contributed by atoms with E-state index in [0.29, 0.717) is 28.2 Å². The number of fused-ring (bicyclic) bond motifs is 1. The minimum absolute atomic E-state index is 0.0282. The van der Waals surface area contributed by atoms with Crippen LogP contribution in [0.1, 0.15) is 5.56 Å². The minimum Gasteiger partial charge on any atom is -0.507 e. The van der Waals surface area contributed by atoms with E-state index in [1.807, 2.05) is 30.3 Å². The Morgan fingerprint density at radius 1 is 0.875 bits per heavy atom. The standard InChI is InChI=1S/C25H23NO6/c1-29-17-7-4-15(5-8-17)19-13-24(28)32-25-18(19)9-10-21(27)20(25)14-26-16-6-11-22(30-2)23(12-16)31-3/h4-13,26-27H,14H2,1-3H3. The van der Waals surface area contributed by atoms with E-state index in [1.165, 1.54) is 6.07 Å². The van der Waals surface area contributed by atoms with E-state index in [-0.39, 0.29) is 12.3 Å². The number of anilines is 1.